The van der Waals surface area contributed by atoms with Crippen LogP contribution in [-0.4, -0.2) is 45.9 Å². The largest absolute Gasteiger partial charge is 0.465 e. The van der Waals surface area contributed by atoms with Gasteiger partial charge in [-0.2, -0.15) is 0 Å². The van der Waals surface area contributed by atoms with E-state index in [1.54, 1.807) is 0 Å². The molecule has 5 heteroatoms. The van der Waals surface area contributed by atoms with Crippen molar-refractivity contribution in [3.63, 3.8) is 0 Å². The molecule has 0 aliphatic carbocycles. The van der Waals surface area contributed by atoms with Gasteiger partial charge in [-0.3, -0.25) is 4.57 Å². The Balaban J connectivity index is 2.26. The van der Waals surface area contributed by atoms with Crippen molar-refractivity contribution in [2.45, 2.75) is 52.7 Å². The second kappa shape index (κ2) is 9.54. The molecule has 1 aromatic carbocycles. The average Bonchev–Trinajstić information content (AvgIpc) is 2.56. The fourth-order valence-electron chi connectivity index (χ4n) is 2.87. The molecule has 1 heterocycles. The van der Waals surface area contributed by atoms with Gasteiger partial charge in [-0.05, 0) is 19.5 Å². The summed E-state index contributed by atoms with van der Waals surface area (Å²) in [6.07, 6.45) is 4.31. The van der Waals surface area contributed by atoms with Crippen LogP contribution in [0.3, 0.4) is 0 Å². The summed E-state index contributed by atoms with van der Waals surface area (Å²) in [5, 5.41) is 1.18. The SMILES string of the molecule is CCCCCO[Si](OC1CCO1)(c1ccccc1)N(CC)CC. The second-order valence-corrected chi connectivity index (χ2v) is 8.78. The lowest BCUT2D eigenvalue weighted by molar-refractivity contribution is -0.183. The summed E-state index contributed by atoms with van der Waals surface area (Å²) >= 11 is 0. The van der Waals surface area contributed by atoms with Crippen molar-refractivity contribution < 1.29 is 13.6 Å². The molecule has 1 aromatic rings. The van der Waals surface area contributed by atoms with E-state index < -0.39 is 8.72 Å². The first kappa shape index (κ1) is 18.6. The van der Waals surface area contributed by atoms with E-state index in [9.17, 15) is 0 Å². The summed E-state index contributed by atoms with van der Waals surface area (Å²) in [5.74, 6) is 0. The van der Waals surface area contributed by atoms with Gasteiger partial charge in [0.25, 0.3) is 0 Å². The van der Waals surface area contributed by atoms with Crippen LogP contribution in [0.25, 0.3) is 0 Å². The van der Waals surface area contributed by atoms with Crippen LogP contribution in [0.2, 0.25) is 0 Å². The summed E-state index contributed by atoms with van der Waals surface area (Å²) in [6, 6.07) is 10.5. The Bertz CT molecular complexity index is 437. The van der Waals surface area contributed by atoms with Crippen LogP contribution in [0.5, 0.6) is 0 Å². The van der Waals surface area contributed by atoms with Gasteiger partial charge in [0.05, 0.1) is 6.61 Å². The molecule has 2 unspecified atom stereocenters. The van der Waals surface area contributed by atoms with Gasteiger partial charge in [-0.25, -0.2) is 0 Å². The van der Waals surface area contributed by atoms with Crippen molar-refractivity contribution in [2.75, 3.05) is 26.3 Å². The molecule has 1 aliphatic rings. The molecule has 4 nitrogen and oxygen atoms in total. The average molecular weight is 338 g/mol. The van der Waals surface area contributed by atoms with Gasteiger partial charge in [-0.15, -0.1) is 0 Å². The van der Waals surface area contributed by atoms with Gasteiger partial charge < -0.3 is 13.6 Å². The number of nitrogens with zero attached hydrogens (tertiary/aromatic N) is 1. The first-order valence-corrected chi connectivity index (χ1v) is 10.8. The van der Waals surface area contributed by atoms with Gasteiger partial charge in [0, 0.05) is 18.2 Å². The first-order valence-electron chi connectivity index (χ1n) is 9.00. The van der Waals surface area contributed by atoms with E-state index >= 15 is 0 Å². The maximum absolute atomic E-state index is 6.53. The van der Waals surface area contributed by atoms with Crippen LogP contribution < -0.4 is 5.19 Å². The lowest BCUT2D eigenvalue weighted by Gasteiger charge is -2.43. The normalized spacial score (nSPS) is 20.3. The van der Waals surface area contributed by atoms with E-state index in [1.807, 2.05) is 6.07 Å². The Labute approximate surface area is 142 Å². The molecule has 2 atom stereocenters. The lowest BCUT2D eigenvalue weighted by Crippen LogP contribution is -2.68. The maximum atomic E-state index is 6.53. The van der Waals surface area contributed by atoms with Crippen molar-refractivity contribution in [1.29, 1.82) is 0 Å². The van der Waals surface area contributed by atoms with Crippen LogP contribution >= 0.6 is 0 Å². The monoisotopic (exact) mass is 337 g/mol. The van der Waals surface area contributed by atoms with Crippen molar-refractivity contribution in [2.24, 2.45) is 0 Å². The maximum Gasteiger partial charge on any atom is 0.465 e. The third kappa shape index (κ3) is 4.64. The number of benzene rings is 1. The topological polar surface area (TPSA) is 30.9 Å². The third-order valence-electron chi connectivity index (χ3n) is 4.31. The van der Waals surface area contributed by atoms with Crippen LogP contribution in [0.15, 0.2) is 30.3 Å². The number of hydrogen-bond donors (Lipinski definition) is 0. The molecule has 0 N–H and O–H groups in total. The molecule has 1 saturated heterocycles. The summed E-state index contributed by atoms with van der Waals surface area (Å²) < 4.78 is 21.0. The summed E-state index contributed by atoms with van der Waals surface area (Å²) in [4.78, 5) is 0. The first-order chi connectivity index (χ1) is 11.3. The minimum absolute atomic E-state index is 0.117. The zero-order valence-electron chi connectivity index (χ0n) is 14.8. The number of hydrogen-bond acceptors (Lipinski definition) is 4. The molecule has 23 heavy (non-hydrogen) atoms. The van der Waals surface area contributed by atoms with Crippen LogP contribution in [-0.2, 0) is 13.6 Å². The van der Waals surface area contributed by atoms with E-state index in [1.165, 1.54) is 18.0 Å². The Hall–Kier alpha value is -0.723. The minimum atomic E-state index is -2.68. The molecular formula is C18H31NO3Si. The molecule has 130 valence electrons. The Morgan fingerprint density at radius 1 is 1.13 bits per heavy atom. The van der Waals surface area contributed by atoms with Crippen molar-refractivity contribution in [1.82, 2.24) is 4.57 Å². The predicted octanol–water partition coefficient (Wildman–Crippen LogP) is 3.14. The van der Waals surface area contributed by atoms with E-state index in [4.69, 9.17) is 13.6 Å². The fourth-order valence-corrected chi connectivity index (χ4v) is 6.35. The van der Waals surface area contributed by atoms with Crippen LogP contribution in [0, 0.1) is 0 Å². The highest BCUT2D eigenvalue weighted by Gasteiger charge is 2.49. The molecule has 2 rings (SSSR count). The molecule has 0 bridgehead atoms. The number of ether oxygens (including phenoxy) is 1. The Kier molecular flexibility index (Phi) is 7.72. The molecule has 1 fully saturated rings. The Morgan fingerprint density at radius 3 is 2.35 bits per heavy atom. The van der Waals surface area contributed by atoms with E-state index in [-0.39, 0.29) is 6.29 Å². The summed E-state index contributed by atoms with van der Waals surface area (Å²) in [5.41, 5.74) is 0. The zero-order valence-corrected chi connectivity index (χ0v) is 15.8. The van der Waals surface area contributed by atoms with Crippen molar-refractivity contribution in [3.8, 4) is 0 Å². The third-order valence-corrected chi connectivity index (χ3v) is 8.02. The van der Waals surface area contributed by atoms with Gasteiger partial charge in [0.15, 0.2) is 6.29 Å². The van der Waals surface area contributed by atoms with Gasteiger partial charge in [0.1, 0.15) is 0 Å². The second-order valence-electron chi connectivity index (χ2n) is 5.88. The lowest BCUT2D eigenvalue weighted by atomic mass is 10.3. The number of rotatable bonds is 11. The minimum Gasteiger partial charge on any atom is -0.379 e. The van der Waals surface area contributed by atoms with Crippen molar-refractivity contribution in [3.05, 3.63) is 30.3 Å². The predicted molar refractivity (Wildman–Crippen MR) is 95.7 cm³/mol. The van der Waals surface area contributed by atoms with E-state index in [0.717, 1.165) is 39.1 Å². The quantitative estimate of drug-likeness (QED) is 0.458. The molecule has 0 spiro atoms. The highest BCUT2D eigenvalue weighted by molar-refractivity contribution is 6.78. The molecule has 0 saturated carbocycles. The smallest absolute Gasteiger partial charge is 0.379 e. The molecular weight excluding hydrogens is 306 g/mol. The van der Waals surface area contributed by atoms with Gasteiger partial charge >= 0.3 is 8.72 Å². The van der Waals surface area contributed by atoms with Gasteiger partial charge in [0.2, 0.25) is 0 Å². The highest BCUT2D eigenvalue weighted by Crippen LogP contribution is 2.23. The van der Waals surface area contributed by atoms with E-state index in [0.29, 0.717) is 0 Å². The zero-order chi connectivity index (χ0) is 16.5. The molecule has 0 amide bonds. The van der Waals surface area contributed by atoms with Crippen molar-refractivity contribution >= 4 is 13.9 Å². The van der Waals surface area contributed by atoms with Gasteiger partial charge in [-0.1, -0.05) is 63.9 Å². The van der Waals surface area contributed by atoms with Crippen LogP contribution in [0.4, 0.5) is 0 Å². The molecule has 0 aromatic heterocycles. The van der Waals surface area contributed by atoms with E-state index in [2.05, 4.69) is 49.6 Å². The molecule has 0 radical (unpaired) electrons. The van der Waals surface area contributed by atoms with Crippen LogP contribution in [0.1, 0.15) is 46.5 Å². The Morgan fingerprint density at radius 2 is 1.83 bits per heavy atom. The fraction of sp³-hybridized carbons (Fsp3) is 0.667. The molecule has 1 aliphatic heterocycles. The summed E-state index contributed by atoms with van der Waals surface area (Å²) in [6.45, 7) is 9.93. The summed E-state index contributed by atoms with van der Waals surface area (Å²) in [7, 11) is -2.68. The number of unbranched alkanes of at least 4 members (excludes halogenated alkanes) is 2. The highest BCUT2D eigenvalue weighted by atomic mass is 28.4. The standard InChI is InChI=1S/C18H31NO3Si/c1-4-7-11-15-21-23(19(5-2)6-3,22-18-14-16-20-18)17-12-9-8-10-13-17/h8-10,12-13,18H,4-7,11,14-16H2,1-3H3.